The molecular formula is C32H48O5. The zero-order valence-corrected chi connectivity index (χ0v) is 24.2. The Morgan fingerprint density at radius 1 is 1.08 bits per heavy atom. The second-order valence-corrected chi connectivity index (χ2v) is 12.9. The fourth-order valence-electron chi connectivity index (χ4n) is 8.06. The van der Waals surface area contributed by atoms with Gasteiger partial charge in [-0.15, -0.1) is 0 Å². The van der Waals surface area contributed by atoms with Crippen LogP contribution in [0.2, 0.25) is 0 Å². The molecule has 0 saturated heterocycles. The number of carbonyl (C=O) groups is 2. The summed E-state index contributed by atoms with van der Waals surface area (Å²) in [6.45, 7) is 16.0. The lowest BCUT2D eigenvalue weighted by atomic mass is 9.43. The van der Waals surface area contributed by atoms with Crippen molar-refractivity contribution in [2.24, 2.45) is 28.1 Å². The molecule has 3 aliphatic rings. The minimum atomic E-state index is -0.515. The van der Waals surface area contributed by atoms with E-state index in [2.05, 4.69) is 20.8 Å². The van der Waals surface area contributed by atoms with Crippen LogP contribution in [0.25, 0.3) is 0 Å². The van der Waals surface area contributed by atoms with Gasteiger partial charge in [0.25, 0.3) is 0 Å². The van der Waals surface area contributed by atoms with Crippen molar-refractivity contribution in [3.8, 4) is 0 Å². The summed E-state index contributed by atoms with van der Waals surface area (Å²) in [5.74, 6) is 0.300. The van der Waals surface area contributed by atoms with Crippen molar-refractivity contribution >= 4 is 11.8 Å². The van der Waals surface area contributed by atoms with Crippen LogP contribution in [0.3, 0.4) is 0 Å². The maximum atomic E-state index is 13.5. The predicted molar refractivity (Wildman–Crippen MR) is 148 cm³/mol. The summed E-state index contributed by atoms with van der Waals surface area (Å²) in [7, 11) is 0. The van der Waals surface area contributed by atoms with Crippen LogP contribution in [-0.2, 0) is 14.3 Å². The van der Waals surface area contributed by atoms with Crippen molar-refractivity contribution in [1.82, 2.24) is 0 Å². The second kappa shape index (κ2) is 11.0. The molecule has 0 aliphatic heterocycles. The molecule has 0 unspecified atom stereocenters. The molecule has 37 heavy (non-hydrogen) atoms. The molecule has 0 aromatic heterocycles. The van der Waals surface area contributed by atoms with Gasteiger partial charge in [0.15, 0.2) is 5.78 Å². The molecule has 0 amide bonds. The van der Waals surface area contributed by atoms with Gasteiger partial charge in [-0.05, 0) is 88.2 Å². The topological polar surface area (TPSA) is 83.8 Å². The Morgan fingerprint density at radius 2 is 1.76 bits per heavy atom. The highest BCUT2D eigenvalue weighted by Gasteiger charge is 2.66. The molecule has 5 nitrogen and oxygen atoms in total. The average Bonchev–Trinajstić information content (AvgIpc) is 3.10. The normalized spacial score (nSPS) is 38.2. The largest absolute Gasteiger partial charge is 0.462 e. The third-order valence-electron chi connectivity index (χ3n) is 10.1. The number of ketones is 1. The first-order valence-electron chi connectivity index (χ1n) is 13.9. The number of carbonyl (C=O) groups excluding carboxylic acids is 2. The van der Waals surface area contributed by atoms with Gasteiger partial charge in [-0.25, -0.2) is 0 Å². The first kappa shape index (κ1) is 29.6. The van der Waals surface area contributed by atoms with Crippen molar-refractivity contribution in [3.05, 3.63) is 46.6 Å². The van der Waals surface area contributed by atoms with E-state index in [9.17, 15) is 19.8 Å². The summed E-state index contributed by atoms with van der Waals surface area (Å²) in [5.41, 5.74) is 3.18. The minimum absolute atomic E-state index is 0.0296. The van der Waals surface area contributed by atoms with Gasteiger partial charge in [0.1, 0.15) is 6.10 Å². The number of rotatable bonds is 7. The molecule has 0 aromatic rings. The summed E-state index contributed by atoms with van der Waals surface area (Å²) in [6, 6.07) is 0. The Bertz CT molecular complexity index is 1030. The summed E-state index contributed by atoms with van der Waals surface area (Å²) in [5, 5.41) is 20.9. The van der Waals surface area contributed by atoms with Gasteiger partial charge in [0.2, 0.25) is 0 Å². The van der Waals surface area contributed by atoms with E-state index in [0.717, 1.165) is 36.0 Å². The van der Waals surface area contributed by atoms with Crippen molar-refractivity contribution in [1.29, 1.82) is 0 Å². The summed E-state index contributed by atoms with van der Waals surface area (Å²) in [4.78, 5) is 25.3. The van der Waals surface area contributed by atoms with Crippen LogP contribution in [0.5, 0.6) is 0 Å². The molecule has 3 saturated carbocycles. The van der Waals surface area contributed by atoms with E-state index in [1.54, 1.807) is 0 Å². The van der Waals surface area contributed by atoms with Gasteiger partial charge in [-0.2, -0.15) is 0 Å². The molecule has 3 rings (SSSR count). The molecule has 0 spiro atoms. The highest BCUT2D eigenvalue weighted by atomic mass is 16.5. The van der Waals surface area contributed by atoms with Gasteiger partial charge in [-0.1, -0.05) is 50.6 Å². The van der Waals surface area contributed by atoms with Crippen LogP contribution in [0, 0.1) is 28.1 Å². The second-order valence-electron chi connectivity index (χ2n) is 12.9. The monoisotopic (exact) mass is 512 g/mol. The Hall–Kier alpha value is -1.98. The summed E-state index contributed by atoms with van der Waals surface area (Å²) < 4.78 is 5.71. The number of Topliss-reactive ketones (excluding diaryl/α,β-unsaturated/α-hetero) is 1. The van der Waals surface area contributed by atoms with Gasteiger partial charge in [-0.3, -0.25) is 9.59 Å². The molecule has 3 aliphatic carbocycles. The number of allylic oxidation sites excluding steroid dienone is 6. The van der Waals surface area contributed by atoms with E-state index in [-0.39, 0.29) is 47.1 Å². The van der Waals surface area contributed by atoms with Crippen LogP contribution < -0.4 is 0 Å². The van der Waals surface area contributed by atoms with Crippen molar-refractivity contribution in [2.45, 2.75) is 106 Å². The van der Waals surface area contributed by atoms with Crippen LogP contribution >= 0.6 is 0 Å². The van der Waals surface area contributed by atoms with Crippen LogP contribution in [0.15, 0.2) is 46.6 Å². The van der Waals surface area contributed by atoms with Crippen LogP contribution in [0.4, 0.5) is 0 Å². The van der Waals surface area contributed by atoms with E-state index in [0.29, 0.717) is 19.3 Å². The maximum Gasteiger partial charge on any atom is 0.302 e. The first-order chi connectivity index (χ1) is 17.2. The maximum absolute atomic E-state index is 13.5. The lowest BCUT2D eigenvalue weighted by molar-refractivity contribution is -0.198. The zero-order chi connectivity index (χ0) is 27.8. The smallest absolute Gasteiger partial charge is 0.302 e. The van der Waals surface area contributed by atoms with Crippen LogP contribution in [-0.4, -0.2) is 40.8 Å². The molecular weight excluding hydrogens is 464 g/mol. The fourth-order valence-corrected chi connectivity index (χ4v) is 8.06. The van der Waals surface area contributed by atoms with E-state index in [4.69, 9.17) is 4.74 Å². The molecule has 3 fully saturated rings. The minimum Gasteiger partial charge on any atom is -0.462 e. The first-order valence-corrected chi connectivity index (χ1v) is 13.9. The Labute approximate surface area is 223 Å². The van der Waals surface area contributed by atoms with Crippen molar-refractivity contribution in [2.75, 3.05) is 6.61 Å². The van der Waals surface area contributed by atoms with Crippen molar-refractivity contribution < 1.29 is 24.5 Å². The molecule has 2 N–H and O–H groups in total. The lowest BCUT2D eigenvalue weighted by Gasteiger charge is -2.62. The van der Waals surface area contributed by atoms with E-state index in [1.807, 2.05) is 52.0 Å². The highest BCUT2D eigenvalue weighted by molar-refractivity contribution is 6.00. The quantitative estimate of drug-likeness (QED) is 0.182. The number of hydrogen-bond donors (Lipinski definition) is 2. The van der Waals surface area contributed by atoms with Gasteiger partial charge in [0, 0.05) is 29.7 Å². The number of hydrogen-bond acceptors (Lipinski definition) is 5. The van der Waals surface area contributed by atoms with E-state index in [1.165, 1.54) is 12.5 Å². The van der Waals surface area contributed by atoms with Gasteiger partial charge < -0.3 is 14.9 Å². The zero-order valence-electron chi connectivity index (χ0n) is 24.2. The Balaban J connectivity index is 1.89. The van der Waals surface area contributed by atoms with Crippen molar-refractivity contribution in [3.63, 3.8) is 0 Å². The Morgan fingerprint density at radius 3 is 2.35 bits per heavy atom. The summed E-state index contributed by atoms with van der Waals surface area (Å²) >= 11 is 0. The lowest BCUT2D eigenvalue weighted by Crippen LogP contribution is -2.60. The molecule has 0 heterocycles. The summed E-state index contributed by atoms with van der Waals surface area (Å²) in [6.07, 6.45) is 11.6. The number of aliphatic hydroxyl groups excluding tert-OH is 2. The van der Waals surface area contributed by atoms with E-state index >= 15 is 0 Å². The number of fused-ring (bicyclic) bond motifs is 3. The number of aliphatic hydroxyl groups is 2. The highest BCUT2D eigenvalue weighted by Crippen LogP contribution is 2.69. The molecule has 5 heteroatoms. The molecule has 7 atom stereocenters. The predicted octanol–water partition coefficient (Wildman–Crippen LogP) is 6.26. The molecule has 0 aromatic carbocycles. The standard InChI is InChI=1S/C32H48O5/c1-20(2)12-13-24(35)21(3)10-9-11-22(4)29-25(36)18-27-30(6)17-15-28(37-23(5)34)32(8,19-33)26(30)14-16-31(27,29)7/h9-12,24,26-28,33,35H,13-19H2,1-8H3/b11-9+,21-10+,29-22+/t24-,26+,27-,28+,30-,31-,32+/m0/s1. The van der Waals surface area contributed by atoms with Gasteiger partial charge >= 0.3 is 5.97 Å². The average molecular weight is 513 g/mol. The van der Waals surface area contributed by atoms with E-state index < -0.39 is 11.5 Å². The van der Waals surface area contributed by atoms with Crippen LogP contribution in [0.1, 0.15) is 93.9 Å². The molecule has 0 radical (unpaired) electrons. The fraction of sp³-hybridized carbons (Fsp3) is 0.688. The number of esters is 1. The third-order valence-corrected chi connectivity index (χ3v) is 10.1. The Kier molecular flexibility index (Phi) is 8.81. The van der Waals surface area contributed by atoms with Gasteiger partial charge in [0.05, 0.1) is 12.7 Å². The molecule has 206 valence electrons. The number of ether oxygens (including phenoxy) is 1. The SMILES string of the molecule is CC(=O)O[C@@H]1CC[C@@]2(C)[C@@H](CC[C@]3(C)/C(=C(C)/C=C/C=C(\C)[C@@H](O)CC=C(C)C)C(=O)C[C@@H]23)[C@@]1(C)CO. The third kappa shape index (κ3) is 5.45. The molecule has 0 bridgehead atoms.